The van der Waals surface area contributed by atoms with E-state index in [0.29, 0.717) is 6.54 Å². The van der Waals surface area contributed by atoms with Gasteiger partial charge in [-0.05, 0) is 39.1 Å². The van der Waals surface area contributed by atoms with Crippen LogP contribution in [0.25, 0.3) is 11.0 Å². The Labute approximate surface area is 112 Å². The number of benzene rings is 1. The Morgan fingerprint density at radius 3 is 2.89 bits per heavy atom. The van der Waals surface area contributed by atoms with Gasteiger partial charge in [-0.1, -0.05) is 12.1 Å². The van der Waals surface area contributed by atoms with Crippen molar-refractivity contribution in [1.82, 2.24) is 14.5 Å². The van der Waals surface area contributed by atoms with Crippen LogP contribution in [0.4, 0.5) is 0 Å². The third-order valence-electron chi connectivity index (χ3n) is 3.59. The molecule has 0 radical (unpaired) electrons. The number of hydrogen-bond acceptors (Lipinski definition) is 3. The minimum Gasteiger partial charge on any atom is -0.395 e. The number of para-hydroxylation sites is 2. The molecule has 0 aliphatic rings. The number of aliphatic hydroxyl groups is 1. The molecule has 0 spiro atoms. The monoisotopic (exact) mass is 263 g/mol. The predicted octanol–water partition coefficient (Wildman–Crippen LogP) is 1.03. The Morgan fingerprint density at radius 1 is 1.42 bits per heavy atom. The van der Waals surface area contributed by atoms with Gasteiger partial charge in [-0.25, -0.2) is 4.79 Å². The van der Waals surface area contributed by atoms with E-state index in [2.05, 4.69) is 9.88 Å². The van der Waals surface area contributed by atoms with Gasteiger partial charge in [-0.15, -0.1) is 0 Å². The fourth-order valence-electron chi connectivity index (χ4n) is 2.17. The average molecular weight is 263 g/mol. The molecule has 104 valence electrons. The number of nitrogens with zero attached hydrogens (tertiary/aromatic N) is 2. The fourth-order valence-corrected chi connectivity index (χ4v) is 2.17. The number of aliphatic hydroxyl groups excluding tert-OH is 1. The van der Waals surface area contributed by atoms with E-state index in [0.717, 1.165) is 24.0 Å². The van der Waals surface area contributed by atoms with Gasteiger partial charge in [-0.2, -0.15) is 0 Å². The first kappa shape index (κ1) is 13.8. The number of H-pyrrole nitrogens is 1. The lowest BCUT2D eigenvalue weighted by molar-refractivity contribution is 0.156. The number of nitrogens with one attached hydrogen (secondary N) is 1. The highest BCUT2D eigenvalue weighted by molar-refractivity contribution is 5.74. The summed E-state index contributed by atoms with van der Waals surface area (Å²) < 4.78 is 1.77. The van der Waals surface area contributed by atoms with Crippen molar-refractivity contribution >= 4 is 11.0 Å². The largest absolute Gasteiger partial charge is 0.395 e. The maximum Gasteiger partial charge on any atom is 0.326 e. The number of imidazole rings is 1. The minimum atomic E-state index is -0.0564. The van der Waals surface area contributed by atoms with E-state index >= 15 is 0 Å². The van der Waals surface area contributed by atoms with E-state index in [1.54, 1.807) is 4.57 Å². The number of rotatable bonds is 6. The minimum absolute atomic E-state index is 0.0564. The molecule has 1 heterocycles. The maximum absolute atomic E-state index is 11.9. The van der Waals surface area contributed by atoms with Crippen LogP contribution in [0.3, 0.4) is 0 Å². The Balaban J connectivity index is 2.02. The van der Waals surface area contributed by atoms with Crippen LogP contribution < -0.4 is 5.69 Å². The molecule has 1 unspecified atom stereocenters. The van der Waals surface area contributed by atoms with Crippen molar-refractivity contribution in [3.8, 4) is 0 Å². The number of aryl methyl sites for hydroxylation is 1. The van der Waals surface area contributed by atoms with Crippen molar-refractivity contribution in [2.24, 2.45) is 0 Å². The zero-order valence-electron chi connectivity index (χ0n) is 11.5. The highest BCUT2D eigenvalue weighted by Crippen LogP contribution is 2.09. The van der Waals surface area contributed by atoms with Crippen molar-refractivity contribution in [3.05, 3.63) is 34.7 Å². The molecule has 0 amide bonds. The smallest absolute Gasteiger partial charge is 0.326 e. The standard InChI is InChI=1S/C14H21N3O2/c1-11(10-18)16(2)8-5-9-17-13-7-4-3-6-12(13)15-14(17)19/h3-4,6-7,11,18H,5,8-10H2,1-2H3,(H,15,19). The molecule has 1 aromatic heterocycles. The summed E-state index contributed by atoms with van der Waals surface area (Å²) in [5, 5.41) is 9.07. The Bertz CT molecular complexity index is 588. The fraction of sp³-hybridized carbons (Fsp3) is 0.500. The first-order valence-electron chi connectivity index (χ1n) is 6.62. The van der Waals surface area contributed by atoms with Crippen LogP contribution in [0, 0.1) is 0 Å². The molecule has 0 bridgehead atoms. The summed E-state index contributed by atoms with van der Waals surface area (Å²) in [7, 11) is 1.99. The SMILES string of the molecule is CC(CO)N(C)CCCn1c(=O)[nH]c2ccccc21. The summed E-state index contributed by atoms with van der Waals surface area (Å²) in [5.74, 6) is 0. The number of likely N-dealkylation sites (N-methyl/N-ethyl adjacent to an activating group) is 1. The molecule has 2 N–H and O–H groups in total. The van der Waals surface area contributed by atoms with Gasteiger partial charge in [0.25, 0.3) is 0 Å². The number of fused-ring (bicyclic) bond motifs is 1. The molecule has 0 aliphatic carbocycles. The van der Waals surface area contributed by atoms with E-state index in [1.165, 1.54) is 0 Å². The number of aromatic nitrogens is 2. The zero-order valence-corrected chi connectivity index (χ0v) is 11.5. The molecule has 0 saturated heterocycles. The molecule has 2 rings (SSSR count). The summed E-state index contributed by atoms with van der Waals surface area (Å²) in [6.07, 6.45) is 0.878. The van der Waals surface area contributed by atoms with Crippen molar-refractivity contribution in [2.75, 3.05) is 20.2 Å². The number of aromatic amines is 1. The summed E-state index contributed by atoms with van der Waals surface area (Å²) in [5.41, 5.74) is 1.77. The first-order chi connectivity index (χ1) is 9.13. The molecule has 0 fully saturated rings. The molecule has 1 atom stereocenters. The lowest BCUT2D eigenvalue weighted by Crippen LogP contribution is -2.33. The van der Waals surface area contributed by atoms with Crippen molar-refractivity contribution < 1.29 is 5.11 Å². The van der Waals surface area contributed by atoms with E-state index < -0.39 is 0 Å². The summed E-state index contributed by atoms with van der Waals surface area (Å²) in [6, 6.07) is 7.87. The molecular weight excluding hydrogens is 242 g/mol. The van der Waals surface area contributed by atoms with Gasteiger partial charge in [0.05, 0.1) is 17.6 Å². The van der Waals surface area contributed by atoms with Crippen LogP contribution in [0.1, 0.15) is 13.3 Å². The maximum atomic E-state index is 11.9. The highest BCUT2D eigenvalue weighted by atomic mass is 16.3. The van der Waals surface area contributed by atoms with Crippen LogP contribution in [-0.4, -0.2) is 45.8 Å². The summed E-state index contributed by atoms with van der Waals surface area (Å²) >= 11 is 0. The van der Waals surface area contributed by atoms with E-state index in [-0.39, 0.29) is 18.3 Å². The Kier molecular flexibility index (Phi) is 4.39. The molecule has 0 aliphatic heterocycles. The lowest BCUT2D eigenvalue weighted by Gasteiger charge is -2.22. The Hall–Kier alpha value is -1.59. The molecular formula is C14H21N3O2. The van der Waals surface area contributed by atoms with Crippen molar-refractivity contribution in [3.63, 3.8) is 0 Å². The molecule has 1 aromatic carbocycles. The van der Waals surface area contributed by atoms with Crippen LogP contribution >= 0.6 is 0 Å². The highest BCUT2D eigenvalue weighted by Gasteiger charge is 2.09. The second-order valence-corrected chi connectivity index (χ2v) is 4.96. The van der Waals surface area contributed by atoms with Gasteiger partial charge >= 0.3 is 5.69 Å². The Morgan fingerprint density at radius 2 is 2.16 bits per heavy atom. The third kappa shape index (κ3) is 3.05. The van der Waals surface area contributed by atoms with Gasteiger partial charge < -0.3 is 15.0 Å². The van der Waals surface area contributed by atoms with Crippen LogP contribution in [0.2, 0.25) is 0 Å². The second kappa shape index (κ2) is 6.04. The molecule has 5 heteroatoms. The van der Waals surface area contributed by atoms with Crippen molar-refractivity contribution in [2.45, 2.75) is 25.9 Å². The van der Waals surface area contributed by atoms with Crippen LogP contribution in [0.15, 0.2) is 29.1 Å². The molecule has 2 aromatic rings. The summed E-state index contributed by atoms with van der Waals surface area (Å²) in [4.78, 5) is 16.8. The normalized spacial score (nSPS) is 13.3. The van der Waals surface area contributed by atoms with E-state index in [4.69, 9.17) is 5.11 Å². The first-order valence-corrected chi connectivity index (χ1v) is 6.62. The molecule has 19 heavy (non-hydrogen) atoms. The van der Waals surface area contributed by atoms with Crippen LogP contribution in [0.5, 0.6) is 0 Å². The van der Waals surface area contributed by atoms with E-state index in [1.807, 2.05) is 38.2 Å². The quantitative estimate of drug-likeness (QED) is 0.818. The predicted molar refractivity (Wildman–Crippen MR) is 76.4 cm³/mol. The topological polar surface area (TPSA) is 61.3 Å². The van der Waals surface area contributed by atoms with E-state index in [9.17, 15) is 4.79 Å². The van der Waals surface area contributed by atoms with Crippen LogP contribution in [-0.2, 0) is 6.54 Å². The van der Waals surface area contributed by atoms with Gasteiger partial charge in [0.15, 0.2) is 0 Å². The zero-order chi connectivity index (χ0) is 13.8. The molecule has 5 nitrogen and oxygen atoms in total. The third-order valence-corrected chi connectivity index (χ3v) is 3.59. The lowest BCUT2D eigenvalue weighted by atomic mass is 10.3. The average Bonchev–Trinajstić information content (AvgIpc) is 2.74. The number of hydrogen-bond donors (Lipinski definition) is 2. The van der Waals surface area contributed by atoms with Gasteiger partial charge in [0.2, 0.25) is 0 Å². The molecule has 0 saturated carbocycles. The summed E-state index contributed by atoms with van der Waals surface area (Å²) in [6.45, 7) is 3.68. The van der Waals surface area contributed by atoms with Gasteiger partial charge in [0, 0.05) is 12.6 Å². The van der Waals surface area contributed by atoms with Gasteiger partial charge in [0.1, 0.15) is 0 Å². The van der Waals surface area contributed by atoms with Crippen molar-refractivity contribution in [1.29, 1.82) is 0 Å². The van der Waals surface area contributed by atoms with Gasteiger partial charge in [-0.3, -0.25) is 4.57 Å². The second-order valence-electron chi connectivity index (χ2n) is 4.96.